The quantitative estimate of drug-likeness (QED) is 0.782. The van der Waals surface area contributed by atoms with Gasteiger partial charge in [0.05, 0.1) is 19.3 Å². The normalized spacial score (nSPS) is 10.9. The van der Waals surface area contributed by atoms with Crippen LogP contribution in [-0.2, 0) is 20.4 Å². The maximum absolute atomic E-state index is 12.9. The first-order valence-corrected chi connectivity index (χ1v) is 5.88. The maximum Gasteiger partial charge on any atom is 0.419 e. The fourth-order valence-corrected chi connectivity index (χ4v) is 1.52. The third kappa shape index (κ3) is 4.37. The number of methoxy groups -OCH3 is 1. The van der Waals surface area contributed by atoms with Crippen molar-refractivity contribution < 1.29 is 37.0 Å². The molecule has 0 saturated heterocycles. The zero-order valence-electron chi connectivity index (χ0n) is 11.3. The summed E-state index contributed by atoms with van der Waals surface area (Å²) in [6.45, 7) is 0.860. The largest absolute Gasteiger partial charge is 0.480 e. The summed E-state index contributed by atoms with van der Waals surface area (Å²) in [4.78, 5) is 22.7. The van der Waals surface area contributed by atoms with E-state index in [2.05, 4.69) is 9.47 Å². The van der Waals surface area contributed by atoms with Crippen molar-refractivity contribution in [3.8, 4) is 5.75 Å². The molecule has 0 spiro atoms. The van der Waals surface area contributed by atoms with Gasteiger partial charge in [-0.2, -0.15) is 13.2 Å². The monoisotopic (exact) mass is 306 g/mol. The third-order valence-corrected chi connectivity index (χ3v) is 2.37. The van der Waals surface area contributed by atoms with Crippen molar-refractivity contribution in [2.45, 2.75) is 13.1 Å². The first-order chi connectivity index (χ1) is 9.81. The predicted molar refractivity (Wildman–Crippen MR) is 64.9 cm³/mol. The molecule has 21 heavy (non-hydrogen) atoms. The summed E-state index contributed by atoms with van der Waals surface area (Å²) in [5.41, 5.74) is -1.59. The number of benzene rings is 1. The molecule has 5 nitrogen and oxygen atoms in total. The molecular formula is C13H13F3O5. The molecule has 8 heteroatoms. The lowest BCUT2D eigenvalue weighted by Gasteiger charge is -2.16. The van der Waals surface area contributed by atoms with Gasteiger partial charge in [-0.1, -0.05) is 6.07 Å². The standard InChI is InChI=1S/C13H13F3O5/c1-3-20-10(17)7-21-11-8(12(18)19-2)5-4-6-9(11)13(14,15)16/h4-6H,3,7H2,1-2H3. The number of esters is 2. The number of para-hydroxylation sites is 1. The van der Waals surface area contributed by atoms with Crippen LogP contribution in [0.15, 0.2) is 18.2 Å². The summed E-state index contributed by atoms with van der Waals surface area (Å²) in [6, 6.07) is 2.90. The van der Waals surface area contributed by atoms with Gasteiger partial charge in [-0.05, 0) is 19.1 Å². The van der Waals surface area contributed by atoms with Gasteiger partial charge in [-0.3, -0.25) is 0 Å². The Morgan fingerprint density at radius 2 is 1.90 bits per heavy atom. The van der Waals surface area contributed by atoms with Crippen LogP contribution in [0.2, 0.25) is 0 Å². The summed E-state index contributed by atoms with van der Waals surface area (Å²) >= 11 is 0. The Morgan fingerprint density at radius 3 is 2.43 bits per heavy atom. The minimum Gasteiger partial charge on any atom is -0.480 e. The molecule has 0 atom stereocenters. The van der Waals surface area contributed by atoms with Crippen molar-refractivity contribution in [2.24, 2.45) is 0 Å². The van der Waals surface area contributed by atoms with E-state index in [4.69, 9.17) is 4.74 Å². The molecule has 0 aliphatic rings. The van der Waals surface area contributed by atoms with E-state index in [0.29, 0.717) is 0 Å². The van der Waals surface area contributed by atoms with Crippen LogP contribution in [0.4, 0.5) is 13.2 Å². The van der Waals surface area contributed by atoms with E-state index in [1.807, 2.05) is 0 Å². The van der Waals surface area contributed by atoms with Crippen molar-refractivity contribution in [2.75, 3.05) is 20.3 Å². The first-order valence-electron chi connectivity index (χ1n) is 5.88. The molecule has 0 aliphatic heterocycles. The lowest BCUT2D eigenvalue weighted by atomic mass is 10.1. The minimum atomic E-state index is -4.74. The second-order valence-electron chi connectivity index (χ2n) is 3.77. The molecule has 0 aliphatic carbocycles. The molecule has 0 heterocycles. The molecule has 0 radical (unpaired) electrons. The highest BCUT2D eigenvalue weighted by atomic mass is 19.4. The number of alkyl halides is 3. The molecule has 116 valence electrons. The summed E-state index contributed by atoms with van der Waals surface area (Å²) < 4.78 is 52.5. The lowest BCUT2D eigenvalue weighted by molar-refractivity contribution is -0.147. The van der Waals surface area contributed by atoms with Gasteiger partial charge < -0.3 is 14.2 Å². The molecule has 0 amide bonds. The van der Waals surface area contributed by atoms with E-state index in [0.717, 1.165) is 25.3 Å². The highest BCUT2D eigenvalue weighted by Gasteiger charge is 2.36. The van der Waals surface area contributed by atoms with E-state index in [1.54, 1.807) is 6.92 Å². The lowest BCUT2D eigenvalue weighted by Crippen LogP contribution is -2.19. The van der Waals surface area contributed by atoms with Crippen LogP contribution >= 0.6 is 0 Å². The molecule has 1 aromatic carbocycles. The topological polar surface area (TPSA) is 61.8 Å². The second-order valence-corrected chi connectivity index (χ2v) is 3.77. The second kappa shape index (κ2) is 6.96. The van der Waals surface area contributed by atoms with Crippen molar-refractivity contribution in [3.05, 3.63) is 29.3 Å². The Morgan fingerprint density at radius 1 is 1.24 bits per heavy atom. The smallest absolute Gasteiger partial charge is 0.419 e. The fraction of sp³-hybridized carbons (Fsp3) is 0.385. The van der Waals surface area contributed by atoms with Crippen molar-refractivity contribution in [1.82, 2.24) is 0 Å². The molecule has 0 N–H and O–H groups in total. The molecule has 0 unspecified atom stereocenters. The number of rotatable bonds is 5. The van der Waals surface area contributed by atoms with E-state index in [1.165, 1.54) is 0 Å². The highest BCUT2D eigenvalue weighted by Crippen LogP contribution is 2.38. The van der Waals surface area contributed by atoms with E-state index < -0.39 is 41.6 Å². The molecule has 0 aromatic heterocycles. The zero-order chi connectivity index (χ0) is 16.0. The molecule has 1 aromatic rings. The number of halogens is 3. The Balaban J connectivity index is 3.17. The minimum absolute atomic E-state index is 0.0625. The van der Waals surface area contributed by atoms with Crippen LogP contribution in [0.25, 0.3) is 0 Å². The number of carbonyl (C=O) groups is 2. The first kappa shape index (κ1) is 16.8. The number of hydrogen-bond acceptors (Lipinski definition) is 5. The summed E-state index contributed by atoms with van der Waals surface area (Å²) in [5, 5.41) is 0. The van der Waals surface area contributed by atoms with Crippen molar-refractivity contribution in [1.29, 1.82) is 0 Å². The van der Waals surface area contributed by atoms with Crippen LogP contribution in [0, 0.1) is 0 Å². The SMILES string of the molecule is CCOC(=O)COc1c(C(=O)OC)cccc1C(F)(F)F. The number of hydrogen-bond donors (Lipinski definition) is 0. The Labute approximate surface area is 118 Å². The molecule has 0 bridgehead atoms. The van der Waals surface area contributed by atoms with Gasteiger partial charge >= 0.3 is 18.1 Å². The van der Waals surface area contributed by atoms with Crippen LogP contribution in [-0.4, -0.2) is 32.3 Å². The van der Waals surface area contributed by atoms with Gasteiger partial charge in [0.15, 0.2) is 6.61 Å². The average Bonchev–Trinajstić information content (AvgIpc) is 2.43. The van der Waals surface area contributed by atoms with E-state index in [-0.39, 0.29) is 6.61 Å². The van der Waals surface area contributed by atoms with Crippen LogP contribution in [0.5, 0.6) is 5.75 Å². The average molecular weight is 306 g/mol. The Kier molecular flexibility index (Phi) is 5.57. The number of carbonyl (C=O) groups excluding carboxylic acids is 2. The van der Waals surface area contributed by atoms with Crippen molar-refractivity contribution in [3.63, 3.8) is 0 Å². The Hall–Kier alpha value is -2.25. The van der Waals surface area contributed by atoms with Gasteiger partial charge in [0.2, 0.25) is 0 Å². The van der Waals surface area contributed by atoms with Crippen molar-refractivity contribution >= 4 is 11.9 Å². The summed E-state index contributed by atoms with van der Waals surface area (Å²) in [6.07, 6.45) is -4.74. The third-order valence-electron chi connectivity index (χ3n) is 2.37. The van der Waals surface area contributed by atoms with Gasteiger partial charge in [0.1, 0.15) is 11.3 Å². The molecule has 0 fully saturated rings. The maximum atomic E-state index is 12.9. The van der Waals surface area contributed by atoms with Crippen LogP contribution in [0.3, 0.4) is 0 Å². The van der Waals surface area contributed by atoms with E-state index >= 15 is 0 Å². The molecule has 0 saturated carbocycles. The zero-order valence-corrected chi connectivity index (χ0v) is 11.3. The van der Waals surface area contributed by atoms with Gasteiger partial charge in [0.25, 0.3) is 0 Å². The predicted octanol–water partition coefficient (Wildman–Crippen LogP) is 2.43. The van der Waals surface area contributed by atoms with E-state index in [9.17, 15) is 22.8 Å². The van der Waals surface area contributed by atoms with Gasteiger partial charge in [0, 0.05) is 0 Å². The van der Waals surface area contributed by atoms with Gasteiger partial charge in [-0.15, -0.1) is 0 Å². The summed E-state index contributed by atoms with van der Waals surface area (Å²) in [5.74, 6) is -2.60. The van der Waals surface area contributed by atoms with Crippen LogP contribution < -0.4 is 4.74 Å². The fourth-order valence-electron chi connectivity index (χ4n) is 1.52. The number of ether oxygens (including phenoxy) is 3. The highest BCUT2D eigenvalue weighted by molar-refractivity contribution is 5.93. The summed E-state index contributed by atoms with van der Waals surface area (Å²) in [7, 11) is 1.03. The Bertz CT molecular complexity index is 525. The molecular weight excluding hydrogens is 293 g/mol. The molecule has 1 rings (SSSR count). The van der Waals surface area contributed by atoms with Gasteiger partial charge in [-0.25, -0.2) is 9.59 Å². The van der Waals surface area contributed by atoms with Crippen LogP contribution in [0.1, 0.15) is 22.8 Å².